The van der Waals surface area contributed by atoms with Crippen LogP contribution in [0.2, 0.25) is 0 Å². The number of hydrogen-bond acceptors (Lipinski definition) is 6. The topological polar surface area (TPSA) is 108 Å². The Bertz CT molecular complexity index is 331. The fraction of sp³-hybridized carbons (Fsp3) is 0.923. The summed E-state index contributed by atoms with van der Waals surface area (Å²) in [5, 5.41) is 31.9. The number of aliphatic hydroxyl groups is 3. The molecule has 1 amide bonds. The molecule has 1 saturated heterocycles. The molecule has 1 heterocycles. The first kappa shape index (κ1) is 15.7. The molecular weight excluding hydrogens is 266 g/mol. The lowest BCUT2D eigenvalue weighted by atomic mass is 9.98. The summed E-state index contributed by atoms with van der Waals surface area (Å²) < 4.78 is 10.2. The maximum Gasteiger partial charge on any atom is 0.223 e. The maximum absolute atomic E-state index is 11.9. The quantitative estimate of drug-likeness (QED) is 0.515. The molecule has 2 fully saturated rings. The SMILES string of the molecule is CO[C@H]1OC(CNC(=O)C2CCCC2)[C@@H](O)[C@H](O)C1O. The van der Waals surface area contributed by atoms with Gasteiger partial charge in [0.1, 0.15) is 24.4 Å². The van der Waals surface area contributed by atoms with Crippen LogP contribution in [0.15, 0.2) is 0 Å². The molecule has 20 heavy (non-hydrogen) atoms. The highest BCUT2D eigenvalue weighted by Crippen LogP contribution is 2.25. The molecule has 5 atom stereocenters. The van der Waals surface area contributed by atoms with Gasteiger partial charge in [0, 0.05) is 19.6 Å². The monoisotopic (exact) mass is 289 g/mol. The van der Waals surface area contributed by atoms with Crippen LogP contribution < -0.4 is 5.32 Å². The van der Waals surface area contributed by atoms with E-state index in [1.165, 1.54) is 7.11 Å². The molecule has 0 radical (unpaired) electrons. The molecule has 0 aromatic carbocycles. The van der Waals surface area contributed by atoms with Crippen molar-refractivity contribution in [2.24, 2.45) is 5.92 Å². The zero-order chi connectivity index (χ0) is 14.7. The number of amides is 1. The van der Waals surface area contributed by atoms with Gasteiger partial charge in [0.2, 0.25) is 5.91 Å². The summed E-state index contributed by atoms with van der Waals surface area (Å²) in [6, 6.07) is 0. The van der Waals surface area contributed by atoms with E-state index in [9.17, 15) is 20.1 Å². The summed E-state index contributed by atoms with van der Waals surface area (Å²) in [5.41, 5.74) is 0. The molecule has 2 aliphatic rings. The second kappa shape index (κ2) is 6.82. The molecule has 1 aliphatic heterocycles. The standard InChI is InChI=1S/C13H23NO6/c1-19-13-11(17)10(16)9(15)8(20-13)6-14-12(18)7-4-2-3-5-7/h7-11,13,15-17H,2-6H2,1H3,(H,14,18)/t8?,9-,10+,11?,13+/m1/s1. The van der Waals surface area contributed by atoms with Crippen LogP contribution in [0.5, 0.6) is 0 Å². The Morgan fingerprint density at radius 2 is 1.85 bits per heavy atom. The smallest absolute Gasteiger partial charge is 0.223 e. The highest BCUT2D eigenvalue weighted by Gasteiger charge is 2.44. The molecule has 4 N–H and O–H groups in total. The van der Waals surface area contributed by atoms with Crippen molar-refractivity contribution >= 4 is 5.91 Å². The van der Waals surface area contributed by atoms with Crippen molar-refractivity contribution in [2.75, 3.05) is 13.7 Å². The van der Waals surface area contributed by atoms with Gasteiger partial charge >= 0.3 is 0 Å². The number of methoxy groups -OCH3 is 1. The Balaban J connectivity index is 1.86. The van der Waals surface area contributed by atoms with Gasteiger partial charge in [-0.05, 0) is 12.8 Å². The molecule has 2 rings (SSSR count). The Labute approximate surface area is 117 Å². The lowest BCUT2D eigenvalue weighted by Crippen LogP contribution is -2.60. The van der Waals surface area contributed by atoms with Crippen LogP contribution in [0.1, 0.15) is 25.7 Å². The van der Waals surface area contributed by atoms with Crippen molar-refractivity contribution < 1.29 is 29.6 Å². The zero-order valence-electron chi connectivity index (χ0n) is 11.6. The van der Waals surface area contributed by atoms with Crippen LogP contribution in [0, 0.1) is 5.92 Å². The largest absolute Gasteiger partial charge is 0.388 e. The van der Waals surface area contributed by atoms with E-state index in [4.69, 9.17) is 9.47 Å². The Hall–Kier alpha value is -0.730. The normalized spacial score (nSPS) is 38.9. The van der Waals surface area contributed by atoms with E-state index < -0.39 is 30.7 Å². The summed E-state index contributed by atoms with van der Waals surface area (Å²) in [7, 11) is 1.34. The lowest BCUT2D eigenvalue weighted by Gasteiger charge is -2.39. The molecule has 0 aromatic rings. The average molecular weight is 289 g/mol. The first-order valence-electron chi connectivity index (χ1n) is 7.04. The molecule has 7 heteroatoms. The van der Waals surface area contributed by atoms with Gasteiger partial charge in [-0.3, -0.25) is 4.79 Å². The molecule has 1 saturated carbocycles. The lowest BCUT2D eigenvalue weighted by molar-refractivity contribution is -0.288. The van der Waals surface area contributed by atoms with Crippen LogP contribution in [-0.2, 0) is 14.3 Å². The molecule has 2 unspecified atom stereocenters. The minimum Gasteiger partial charge on any atom is -0.388 e. The van der Waals surface area contributed by atoms with E-state index in [1.54, 1.807) is 0 Å². The van der Waals surface area contributed by atoms with Gasteiger partial charge in [-0.15, -0.1) is 0 Å². The molecule has 116 valence electrons. The third-order valence-electron chi connectivity index (χ3n) is 4.10. The highest BCUT2D eigenvalue weighted by atomic mass is 16.7. The summed E-state index contributed by atoms with van der Waals surface area (Å²) in [6.07, 6.45) is -1.83. The predicted molar refractivity (Wildman–Crippen MR) is 68.7 cm³/mol. The van der Waals surface area contributed by atoms with Crippen LogP contribution in [-0.4, -0.2) is 65.6 Å². The number of ether oxygens (including phenoxy) is 2. The van der Waals surface area contributed by atoms with Crippen LogP contribution in [0.4, 0.5) is 0 Å². The van der Waals surface area contributed by atoms with E-state index in [2.05, 4.69) is 5.32 Å². The predicted octanol–water partition coefficient (Wildman–Crippen LogP) is -1.25. The minimum atomic E-state index is -1.36. The minimum absolute atomic E-state index is 0.0319. The van der Waals surface area contributed by atoms with E-state index in [1.807, 2.05) is 0 Å². The van der Waals surface area contributed by atoms with E-state index >= 15 is 0 Å². The Kier molecular flexibility index (Phi) is 5.34. The van der Waals surface area contributed by atoms with Crippen LogP contribution >= 0.6 is 0 Å². The van der Waals surface area contributed by atoms with E-state index in [0.29, 0.717) is 0 Å². The molecule has 7 nitrogen and oxygen atoms in total. The summed E-state index contributed by atoms with van der Waals surface area (Å²) >= 11 is 0. The first-order chi connectivity index (χ1) is 9.54. The van der Waals surface area contributed by atoms with E-state index in [0.717, 1.165) is 25.7 Å². The fourth-order valence-corrected chi connectivity index (χ4v) is 2.81. The van der Waals surface area contributed by atoms with Crippen molar-refractivity contribution in [3.63, 3.8) is 0 Å². The van der Waals surface area contributed by atoms with Gasteiger partial charge in [-0.1, -0.05) is 12.8 Å². The molecule has 1 aliphatic carbocycles. The Morgan fingerprint density at radius 1 is 1.20 bits per heavy atom. The third kappa shape index (κ3) is 3.29. The van der Waals surface area contributed by atoms with Crippen LogP contribution in [0.3, 0.4) is 0 Å². The Morgan fingerprint density at radius 3 is 2.45 bits per heavy atom. The number of aliphatic hydroxyl groups excluding tert-OH is 3. The maximum atomic E-state index is 11.9. The molecule has 0 aromatic heterocycles. The average Bonchev–Trinajstić information content (AvgIpc) is 2.98. The van der Waals surface area contributed by atoms with Gasteiger partial charge in [-0.2, -0.15) is 0 Å². The van der Waals surface area contributed by atoms with Gasteiger partial charge in [-0.25, -0.2) is 0 Å². The van der Waals surface area contributed by atoms with Crippen molar-refractivity contribution in [1.82, 2.24) is 5.32 Å². The highest BCUT2D eigenvalue weighted by molar-refractivity contribution is 5.78. The summed E-state index contributed by atoms with van der Waals surface area (Å²) in [4.78, 5) is 11.9. The van der Waals surface area contributed by atoms with E-state index in [-0.39, 0.29) is 18.4 Å². The van der Waals surface area contributed by atoms with Gasteiger partial charge in [0.05, 0.1) is 0 Å². The molecular formula is C13H23NO6. The number of carbonyl (C=O) groups excluding carboxylic acids is 1. The molecule has 0 bridgehead atoms. The first-order valence-corrected chi connectivity index (χ1v) is 7.04. The number of nitrogens with one attached hydrogen (secondary N) is 1. The van der Waals surface area contributed by atoms with Gasteiger partial charge in [0.25, 0.3) is 0 Å². The summed E-state index contributed by atoms with van der Waals surface area (Å²) in [5.74, 6) is -0.0163. The van der Waals surface area contributed by atoms with Crippen LogP contribution in [0.25, 0.3) is 0 Å². The summed E-state index contributed by atoms with van der Waals surface area (Å²) in [6.45, 7) is 0.0835. The number of rotatable bonds is 4. The fourth-order valence-electron chi connectivity index (χ4n) is 2.81. The third-order valence-corrected chi connectivity index (χ3v) is 4.10. The zero-order valence-corrected chi connectivity index (χ0v) is 11.6. The van der Waals surface area contributed by atoms with Crippen molar-refractivity contribution in [2.45, 2.75) is 56.4 Å². The number of carbonyl (C=O) groups is 1. The second-order valence-electron chi connectivity index (χ2n) is 5.48. The van der Waals surface area contributed by atoms with Gasteiger partial charge < -0.3 is 30.1 Å². The van der Waals surface area contributed by atoms with Crippen molar-refractivity contribution in [3.05, 3.63) is 0 Å². The van der Waals surface area contributed by atoms with Crippen molar-refractivity contribution in [3.8, 4) is 0 Å². The molecule has 0 spiro atoms. The van der Waals surface area contributed by atoms with Gasteiger partial charge in [0.15, 0.2) is 6.29 Å². The second-order valence-corrected chi connectivity index (χ2v) is 5.48. The number of hydrogen-bond donors (Lipinski definition) is 4. The van der Waals surface area contributed by atoms with Crippen molar-refractivity contribution in [1.29, 1.82) is 0 Å².